The van der Waals surface area contributed by atoms with Crippen molar-refractivity contribution in [2.24, 2.45) is 0 Å². The molecule has 2 rings (SSSR count). The predicted octanol–water partition coefficient (Wildman–Crippen LogP) is 3.33. The van der Waals surface area contributed by atoms with E-state index in [0.717, 1.165) is 27.6 Å². The van der Waals surface area contributed by atoms with Gasteiger partial charge in [-0.15, -0.1) is 11.3 Å². The second-order valence-electron chi connectivity index (χ2n) is 5.64. The van der Waals surface area contributed by atoms with E-state index in [4.69, 9.17) is 11.6 Å². The number of hydrogen-bond donors (Lipinski definition) is 1. The molecule has 0 aliphatic heterocycles. The third-order valence-electron chi connectivity index (χ3n) is 3.89. The van der Waals surface area contributed by atoms with E-state index in [1.54, 1.807) is 0 Å². The number of carbonyl (C=O) groups is 1. The summed E-state index contributed by atoms with van der Waals surface area (Å²) in [6.45, 7) is 2.29. The Balaban J connectivity index is 1.93. The fourth-order valence-electron chi connectivity index (χ4n) is 2.39. The van der Waals surface area contributed by atoms with Crippen LogP contribution >= 0.6 is 22.9 Å². The average Bonchev–Trinajstić information content (AvgIpc) is 3.03. The van der Waals surface area contributed by atoms with Crippen molar-refractivity contribution in [2.75, 3.05) is 20.1 Å². The van der Waals surface area contributed by atoms with Crippen LogP contribution in [-0.4, -0.2) is 38.8 Å². The van der Waals surface area contributed by atoms with Gasteiger partial charge in [0.05, 0.1) is 10.9 Å². The van der Waals surface area contributed by atoms with Crippen molar-refractivity contribution in [1.82, 2.24) is 9.62 Å². The molecule has 0 saturated carbocycles. The lowest BCUT2D eigenvalue weighted by Crippen LogP contribution is -2.39. The number of thiophene rings is 1. The maximum Gasteiger partial charge on any atom is 0.252 e. The molecule has 0 spiro atoms. The van der Waals surface area contributed by atoms with Gasteiger partial charge in [-0.2, -0.15) is 4.31 Å². The van der Waals surface area contributed by atoms with Crippen molar-refractivity contribution in [3.63, 3.8) is 0 Å². The number of benzene rings is 1. The monoisotopic (exact) mass is 400 g/mol. The molecule has 0 aliphatic rings. The molecule has 1 amide bonds. The van der Waals surface area contributed by atoms with Crippen LogP contribution in [0.5, 0.6) is 0 Å². The van der Waals surface area contributed by atoms with Crippen LogP contribution in [0.15, 0.2) is 46.7 Å². The number of nitrogens with one attached hydrogen (secondary N) is 1. The number of carbonyl (C=O) groups excluding carboxylic acids is 1. The summed E-state index contributed by atoms with van der Waals surface area (Å²) in [6.07, 6.45) is 0.881. The highest BCUT2D eigenvalue weighted by molar-refractivity contribution is 7.91. The summed E-state index contributed by atoms with van der Waals surface area (Å²) in [5.41, 5.74) is 1.15. The van der Waals surface area contributed by atoms with Gasteiger partial charge in [0.1, 0.15) is 4.21 Å². The molecule has 1 N–H and O–H groups in total. The first-order valence-electron chi connectivity index (χ1n) is 7.88. The predicted molar refractivity (Wildman–Crippen MR) is 102 cm³/mol. The molecule has 1 heterocycles. The van der Waals surface area contributed by atoms with Gasteiger partial charge in [-0.1, -0.05) is 48.9 Å². The third kappa shape index (κ3) is 5.28. The van der Waals surface area contributed by atoms with E-state index < -0.39 is 10.0 Å². The van der Waals surface area contributed by atoms with E-state index >= 15 is 0 Å². The van der Waals surface area contributed by atoms with E-state index in [-0.39, 0.29) is 22.6 Å². The zero-order valence-electron chi connectivity index (χ0n) is 14.1. The Kier molecular flexibility index (Phi) is 7.01. The number of hydrogen-bond acceptors (Lipinski definition) is 4. The standard InChI is InChI=1S/C17H21ClN2O3S2/c1-3-13(14-7-5-4-6-8-14)11-19-16(21)12-20(2)25(22,23)17-10-9-15(18)24-17/h4-10,13H,3,11-12H2,1-2H3,(H,19,21)/t13-/m1/s1. The Morgan fingerprint density at radius 2 is 1.92 bits per heavy atom. The van der Waals surface area contributed by atoms with Gasteiger partial charge in [0, 0.05) is 19.5 Å². The van der Waals surface area contributed by atoms with Crippen LogP contribution in [0.3, 0.4) is 0 Å². The minimum atomic E-state index is -3.70. The summed E-state index contributed by atoms with van der Waals surface area (Å²) >= 11 is 6.77. The van der Waals surface area contributed by atoms with Crippen molar-refractivity contribution >= 4 is 38.9 Å². The second kappa shape index (κ2) is 8.80. The van der Waals surface area contributed by atoms with E-state index in [0.29, 0.717) is 10.9 Å². The average molecular weight is 401 g/mol. The zero-order valence-corrected chi connectivity index (χ0v) is 16.5. The normalized spacial score (nSPS) is 13.0. The second-order valence-corrected chi connectivity index (χ2v) is 9.63. The van der Waals surface area contributed by atoms with Gasteiger partial charge in [0.15, 0.2) is 0 Å². The lowest BCUT2D eigenvalue weighted by molar-refractivity contribution is -0.121. The van der Waals surface area contributed by atoms with E-state index in [1.165, 1.54) is 19.2 Å². The molecule has 0 radical (unpaired) electrons. The summed E-state index contributed by atoms with van der Waals surface area (Å²) < 4.78 is 26.3. The molecule has 0 fully saturated rings. The molecule has 5 nitrogen and oxygen atoms in total. The molecule has 0 unspecified atom stereocenters. The van der Waals surface area contributed by atoms with Crippen LogP contribution < -0.4 is 5.32 Å². The number of nitrogens with zero attached hydrogens (tertiary/aromatic N) is 1. The van der Waals surface area contributed by atoms with Crippen molar-refractivity contribution in [3.8, 4) is 0 Å². The fourth-order valence-corrected chi connectivity index (χ4v) is 5.21. The largest absolute Gasteiger partial charge is 0.354 e. The van der Waals surface area contributed by atoms with E-state index in [2.05, 4.69) is 12.2 Å². The number of likely N-dealkylation sites (N-methyl/N-ethyl adjacent to an activating group) is 1. The zero-order chi connectivity index (χ0) is 18.4. The Labute approximate surface area is 157 Å². The summed E-state index contributed by atoms with van der Waals surface area (Å²) in [4.78, 5) is 12.1. The molecule has 25 heavy (non-hydrogen) atoms. The van der Waals surface area contributed by atoms with E-state index in [1.807, 2.05) is 30.3 Å². The van der Waals surface area contributed by atoms with Gasteiger partial charge >= 0.3 is 0 Å². The molecule has 136 valence electrons. The quantitative estimate of drug-likeness (QED) is 0.739. The SMILES string of the molecule is CC[C@H](CNC(=O)CN(C)S(=O)(=O)c1ccc(Cl)s1)c1ccccc1. The Morgan fingerprint density at radius 3 is 2.48 bits per heavy atom. The first kappa shape index (κ1) is 19.9. The van der Waals surface area contributed by atoms with Crippen LogP contribution in [-0.2, 0) is 14.8 Å². The number of rotatable bonds is 8. The van der Waals surface area contributed by atoms with Gasteiger partial charge in [0.25, 0.3) is 10.0 Å². The van der Waals surface area contributed by atoms with Crippen molar-refractivity contribution in [2.45, 2.75) is 23.5 Å². The number of halogens is 1. The lowest BCUT2D eigenvalue weighted by Gasteiger charge is -2.19. The van der Waals surface area contributed by atoms with Crippen molar-refractivity contribution in [3.05, 3.63) is 52.4 Å². The Morgan fingerprint density at radius 1 is 1.24 bits per heavy atom. The highest BCUT2D eigenvalue weighted by Gasteiger charge is 2.24. The minimum absolute atomic E-state index is 0.128. The maximum absolute atomic E-state index is 12.4. The van der Waals surface area contributed by atoms with Gasteiger partial charge in [0.2, 0.25) is 5.91 Å². The maximum atomic E-state index is 12.4. The topological polar surface area (TPSA) is 66.5 Å². The van der Waals surface area contributed by atoms with Crippen LogP contribution in [0.4, 0.5) is 0 Å². The highest BCUT2D eigenvalue weighted by Crippen LogP contribution is 2.27. The Bertz CT molecular complexity index is 806. The van der Waals surface area contributed by atoms with Crippen LogP contribution in [0.25, 0.3) is 0 Å². The highest BCUT2D eigenvalue weighted by atomic mass is 35.5. The van der Waals surface area contributed by atoms with E-state index in [9.17, 15) is 13.2 Å². The first-order valence-corrected chi connectivity index (χ1v) is 10.5. The summed E-state index contributed by atoms with van der Waals surface area (Å²) in [5, 5.41) is 2.82. The minimum Gasteiger partial charge on any atom is -0.354 e. The molecular formula is C17H21ClN2O3S2. The number of amides is 1. The molecule has 0 aliphatic carbocycles. The molecule has 1 aromatic carbocycles. The molecule has 1 aromatic heterocycles. The van der Waals surface area contributed by atoms with Crippen LogP contribution in [0, 0.1) is 0 Å². The fraction of sp³-hybridized carbons (Fsp3) is 0.353. The number of sulfonamides is 1. The molecule has 1 atom stereocenters. The first-order chi connectivity index (χ1) is 11.8. The smallest absolute Gasteiger partial charge is 0.252 e. The molecule has 0 bridgehead atoms. The van der Waals surface area contributed by atoms with Gasteiger partial charge < -0.3 is 5.32 Å². The Hall–Kier alpha value is -1.41. The molecule has 2 aromatic rings. The summed E-state index contributed by atoms with van der Waals surface area (Å²) in [5.74, 6) is -0.133. The summed E-state index contributed by atoms with van der Waals surface area (Å²) in [6, 6.07) is 12.9. The van der Waals surface area contributed by atoms with Crippen LogP contribution in [0.1, 0.15) is 24.8 Å². The lowest BCUT2D eigenvalue weighted by atomic mass is 9.96. The van der Waals surface area contributed by atoms with Crippen LogP contribution in [0.2, 0.25) is 4.34 Å². The van der Waals surface area contributed by atoms with Gasteiger partial charge in [-0.3, -0.25) is 4.79 Å². The van der Waals surface area contributed by atoms with Crippen molar-refractivity contribution in [1.29, 1.82) is 0 Å². The summed E-state index contributed by atoms with van der Waals surface area (Å²) in [7, 11) is -2.32. The molecule has 0 saturated heterocycles. The van der Waals surface area contributed by atoms with Gasteiger partial charge in [-0.05, 0) is 24.1 Å². The molecular weight excluding hydrogens is 380 g/mol. The van der Waals surface area contributed by atoms with Crippen molar-refractivity contribution < 1.29 is 13.2 Å². The molecule has 8 heteroatoms. The van der Waals surface area contributed by atoms with Gasteiger partial charge in [-0.25, -0.2) is 8.42 Å². The third-order valence-corrected chi connectivity index (χ3v) is 7.39.